The van der Waals surface area contributed by atoms with Crippen LogP contribution in [0.2, 0.25) is 0 Å². The van der Waals surface area contributed by atoms with E-state index in [2.05, 4.69) is 41.2 Å². The van der Waals surface area contributed by atoms with Crippen LogP contribution in [-0.4, -0.2) is 6.54 Å². The molecule has 1 rings (SSSR count). The van der Waals surface area contributed by atoms with Crippen molar-refractivity contribution in [2.75, 3.05) is 11.9 Å². The topological polar surface area (TPSA) is 35.8 Å². The lowest BCUT2D eigenvalue weighted by Gasteiger charge is -2.11. The molecule has 0 fully saturated rings. The van der Waals surface area contributed by atoms with Gasteiger partial charge in [-0.15, -0.1) is 0 Å². The molecule has 1 atom stereocenters. The fourth-order valence-electron chi connectivity index (χ4n) is 1.15. The van der Waals surface area contributed by atoms with Gasteiger partial charge in [-0.3, -0.25) is 0 Å². The highest BCUT2D eigenvalue weighted by Crippen LogP contribution is 2.21. The summed E-state index contributed by atoms with van der Waals surface area (Å²) in [5.74, 6) is 0.666. The first-order chi connectivity index (χ1) is 7.17. The number of hydrogen-bond donors (Lipinski definition) is 1. The largest absolute Gasteiger partial charge is 0.385 e. The standard InChI is InChI=1S/C12H15BrN2/c1-3-9(2)8-15-11-5-4-10(7-14)12(13)6-11/h4-6,9,15H,3,8H2,1-2H3. The van der Waals surface area contributed by atoms with Gasteiger partial charge >= 0.3 is 0 Å². The van der Waals surface area contributed by atoms with Crippen molar-refractivity contribution >= 4 is 21.6 Å². The van der Waals surface area contributed by atoms with E-state index >= 15 is 0 Å². The molecule has 0 saturated carbocycles. The monoisotopic (exact) mass is 266 g/mol. The summed E-state index contributed by atoms with van der Waals surface area (Å²) in [6, 6.07) is 7.83. The molecular formula is C12H15BrN2. The Kier molecular flexibility index (Phi) is 4.64. The van der Waals surface area contributed by atoms with Crippen molar-refractivity contribution in [2.24, 2.45) is 5.92 Å². The Bertz CT molecular complexity index is 368. The first-order valence-corrected chi connectivity index (χ1v) is 5.90. The molecule has 0 spiro atoms. The molecule has 0 aliphatic rings. The maximum Gasteiger partial charge on any atom is 0.100 e. The Morgan fingerprint density at radius 2 is 2.27 bits per heavy atom. The van der Waals surface area contributed by atoms with E-state index in [1.807, 2.05) is 18.2 Å². The van der Waals surface area contributed by atoms with Crippen molar-refractivity contribution in [2.45, 2.75) is 20.3 Å². The number of rotatable bonds is 4. The molecule has 3 heteroatoms. The zero-order valence-corrected chi connectivity index (χ0v) is 10.6. The third-order valence-electron chi connectivity index (χ3n) is 2.44. The minimum Gasteiger partial charge on any atom is -0.385 e. The predicted octanol–water partition coefficient (Wildman–Crippen LogP) is 3.78. The number of anilines is 1. The van der Waals surface area contributed by atoms with Crippen LogP contribution in [0.4, 0.5) is 5.69 Å². The number of halogens is 1. The molecule has 0 bridgehead atoms. The smallest absolute Gasteiger partial charge is 0.100 e. The van der Waals surface area contributed by atoms with Crippen molar-refractivity contribution < 1.29 is 0 Å². The van der Waals surface area contributed by atoms with Crippen LogP contribution >= 0.6 is 15.9 Å². The Morgan fingerprint density at radius 1 is 1.53 bits per heavy atom. The second-order valence-electron chi connectivity index (χ2n) is 3.70. The molecule has 1 unspecified atom stereocenters. The first-order valence-electron chi connectivity index (χ1n) is 5.11. The second kappa shape index (κ2) is 5.77. The van der Waals surface area contributed by atoms with Crippen molar-refractivity contribution in [3.8, 4) is 6.07 Å². The average Bonchev–Trinajstić information content (AvgIpc) is 2.26. The predicted molar refractivity (Wildman–Crippen MR) is 66.8 cm³/mol. The normalized spacial score (nSPS) is 11.9. The van der Waals surface area contributed by atoms with Gasteiger partial charge in [0.2, 0.25) is 0 Å². The van der Waals surface area contributed by atoms with Gasteiger partial charge in [-0.2, -0.15) is 5.26 Å². The Labute approximate surface area is 99.4 Å². The summed E-state index contributed by atoms with van der Waals surface area (Å²) in [6.45, 7) is 5.36. The van der Waals surface area contributed by atoms with Crippen LogP contribution in [0, 0.1) is 17.2 Å². The number of benzene rings is 1. The Balaban J connectivity index is 2.64. The Morgan fingerprint density at radius 3 is 2.80 bits per heavy atom. The van der Waals surface area contributed by atoms with E-state index in [1.165, 1.54) is 6.42 Å². The van der Waals surface area contributed by atoms with Gasteiger partial charge in [-0.1, -0.05) is 20.3 Å². The fourth-order valence-corrected chi connectivity index (χ4v) is 1.62. The highest BCUT2D eigenvalue weighted by atomic mass is 79.9. The lowest BCUT2D eigenvalue weighted by Crippen LogP contribution is -2.10. The van der Waals surface area contributed by atoms with E-state index in [4.69, 9.17) is 5.26 Å². The van der Waals surface area contributed by atoms with Gasteiger partial charge in [0, 0.05) is 16.7 Å². The molecule has 1 aromatic rings. The lowest BCUT2D eigenvalue weighted by molar-refractivity contribution is 0.593. The minimum absolute atomic E-state index is 0.666. The van der Waals surface area contributed by atoms with Crippen LogP contribution in [0.25, 0.3) is 0 Å². The van der Waals surface area contributed by atoms with Crippen molar-refractivity contribution in [3.05, 3.63) is 28.2 Å². The van der Waals surface area contributed by atoms with Crippen molar-refractivity contribution in [1.82, 2.24) is 0 Å². The summed E-state index contributed by atoms with van der Waals surface area (Å²) < 4.78 is 0.846. The molecule has 0 aromatic heterocycles. The van der Waals surface area contributed by atoms with Crippen molar-refractivity contribution in [1.29, 1.82) is 5.26 Å². The van der Waals surface area contributed by atoms with Crippen LogP contribution in [0.1, 0.15) is 25.8 Å². The molecule has 2 nitrogen and oxygen atoms in total. The quantitative estimate of drug-likeness (QED) is 0.901. The highest BCUT2D eigenvalue weighted by molar-refractivity contribution is 9.10. The van der Waals surface area contributed by atoms with Crippen LogP contribution in [-0.2, 0) is 0 Å². The van der Waals surface area contributed by atoms with Crippen LogP contribution in [0.3, 0.4) is 0 Å². The van der Waals surface area contributed by atoms with E-state index in [-0.39, 0.29) is 0 Å². The zero-order chi connectivity index (χ0) is 11.3. The van der Waals surface area contributed by atoms with Gasteiger partial charge in [-0.25, -0.2) is 0 Å². The van der Waals surface area contributed by atoms with Gasteiger partial charge in [0.25, 0.3) is 0 Å². The molecule has 0 heterocycles. The Hall–Kier alpha value is -1.01. The van der Waals surface area contributed by atoms with Crippen LogP contribution in [0.15, 0.2) is 22.7 Å². The molecule has 0 amide bonds. The van der Waals surface area contributed by atoms with Gasteiger partial charge < -0.3 is 5.32 Å². The van der Waals surface area contributed by atoms with Crippen molar-refractivity contribution in [3.63, 3.8) is 0 Å². The molecule has 0 aliphatic heterocycles. The zero-order valence-electron chi connectivity index (χ0n) is 9.05. The fraction of sp³-hybridized carbons (Fsp3) is 0.417. The van der Waals surface area contributed by atoms with E-state index in [9.17, 15) is 0 Å². The number of hydrogen-bond acceptors (Lipinski definition) is 2. The number of nitriles is 1. The number of nitrogens with zero attached hydrogens (tertiary/aromatic N) is 1. The minimum atomic E-state index is 0.666. The molecule has 0 saturated heterocycles. The molecular weight excluding hydrogens is 252 g/mol. The van der Waals surface area contributed by atoms with E-state index < -0.39 is 0 Å². The summed E-state index contributed by atoms with van der Waals surface area (Å²) in [5.41, 5.74) is 1.73. The summed E-state index contributed by atoms with van der Waals surface area (Å²) in [4.78, 5) is 0. The van der Waals surface area contributed by atoms with Gasteiger partial charge in [0.15, 0.2) is 0 Å². The maximum atomic E-state index is 8.77. The van der Waals surface area contributed by atoms with Crippen LogP contribution in [0.5, 0.6) is 0 Å². The maximum absolute atomic E-state index is 8.77. The first kappa shape index (κ1) is 12.1. The molecule has 80 valence electrons. The van der Waals surface area contributed by atoms with Crippen LogP contribution < -0.4 is 5.32 Å². The van der Waals surface area contributed by atoms with Gasteiger partial charge in [0.05, 0.1) is 5.56 Å². The third kappa shape index (κ3) is 3.56. The number of nitrogens with one attached hydrogen (secondary N) is 1. The SMILES string of the molecule is CCC(C)CNc1ccc(C#N)c(Br)c1. The molecule has 0 radical (unpaired) electrons. The molecule has 1 aromatic carbocycles. The molecule has 1 N–H and O–H groups in total. The van der Waals surface area contributed by atoms with Gasteiger partial charge in [-0.05, 0) is 40.0 Å². The second-order valence-corrected chi connectivity index (χ2v) is 4.56. The summed E-state index contributed by atoms with van der Waals surface area (Å²) in [5, 5.41) is 12.1. The summed E-state index contributed by atoms with van der Waals surface area (Å²) in [6.07, 6.45) is 1.17. The summed E-state index contributed by atoms with van der Waals surface area (Å²) >= 11 is 3.37. The highest BCUT2D eigenvalue weighted by Gasteiger charge is 2.02. The molecule has 15 heavy (non-hydrogen) atoms. The lowest BCUT2D eigenvalue weighted by atomic mass is 10.1. The molecule has 0 aliphatic carbocycles. The van der Waals surface area contributed by atoms with E-state index in [1.54, 1.807) is 0 Å². The third-order valence-corrected chi connectivity index (χ3v) is 3.10. The van der Waals surface area contributed by atoms with Gasteiger partial charge in [0.1, 0.15) is 6.07 Å². The van der Waals surface area contributed by atoms with E-state index in [0.29, 0.717) is 11.5 Å². The summed E-state index contributed by atoms with van der Waals surface area (Å²) in [7, 11) is 0. The average molecular weight is 267 g/mol. The van der Waals surface area contributed by atoms with E-state index in [0.717, 1.165) is 16.7 Å².